The fourth-order valence-corrected chi connectivity index (χ4v) is 2.75. The summed E-state index contributed by atoms with van der Waals surface area (Å²) in [6.45, 7) is 6.23. The predicted octanol–water partition coefficient (Wildman–Crippen LogP) is 5.39. The van der Waals surface area contributed by atoms with Crippen LogP contribution in [0.2, 0.25) is 5.02 Å². The van der Waals surface area contributed by atoms with Crippen LogP contribution in [0.25, 0.3) is 6.08 Å². The molecule has 0 radical (unpaired) electrons. The summed E-state index contributed by atoms with van der Waals surface area (Å²) in [6, 6.07) is 15.2. The Balaban J connectivity index is 1.75. The Kier molecular flexibility index (Phi) is 8.62. The van der Waals surface area contributed by atoms with Gasteiger partial charge in [-0.1, -0.05) is 61.9 Å². The van der Waals surface area contributed by atoms with Crippen LogP contribution in [0.5, 0.6) is 0 Å². The molecule has 0 heterocycles. The Morgan fingerprint density at radius 1 is 1.07 bits per heavy atom. The molecule has 0 bridgehead atoms. The summed E-state index contributed by atoms with van der Waals surface area (Å²) in [5.74, 6) is -0.0811. The molecule has 0 saturated heterocycles. The first-order valence-electron chi connectivity index (χ1n) is 9.49. The molecule has 0 fully saturated rings. The van der Waals surface area contributed by atoms with Crippen molar-refractivity contribution in [2.45, 2.75) is 39.5 Å². The maximum atomic E-state index is 11.9. The van der Waals surface area contributed by atoms with Crippen LogP contribution in [0.1, 0.15) is 50.7 Å². The first-order chi connectivity index (χ1) is 13.8. The molecular weight excluding hydrogens is 386 g/mol. The number of halogens is 1. The summed E-state index contributed by atoms with van der Waals surface area (Å²) in [5.41, 5.74) is 6.31. The summed E-state index contributed by atoms with van der Waals surface area (Å²) in [5, 5.41) is 7.18. The topological polar surface area (TPSA) is 70.6 Å². The van der Waals surface area contributed by atoms with E-state index in [2.05, 4.69) is 54.0 Å². The molecule has 0 aliphatic rings. The van der Waals surface area contributed by atoms with Gasteiger partial charge >= 0.3 is 0 Å². The van der Waals surface area contributed by atoms with Crippen LogP contribution in [-0.2, 0) is 9.59 Å². The highest BCUT2D eigenvalue weighted by molar-refractivity contribution is 6.30. The fraction of sp³-hybridized carbons (Fsp3) is 0.261. The third-order valence-corrected chi connectivity index (χ3v) is 4.38. The van der Waals surface area contributed by atoms with Gasteiger partial charge < -0.3 is 5.32 Å². The van der Waals surface area contributed by atoms with Gasteiger partial charge in [-0.3, -0.25) is 9.59 Å². The molecule has 0 atom stereocenters. The zero-order valence-corrected chi connectivity index (χ0v) is 17.7. The molecular formula is C23H26ClN3O2. The van der Waals surface area contributed by atoms with E-state index in [4.69, 9.17) is 11.6 Å². The highest BCUT2D eigenvalue weighted by Crippen LogP contribution is 2.16. The van der Waals surface area contributed by atoms with Crippen LogP contribution >= 0.6 is 11.6 Å². The normalized spacial score (nSPS) is 11.7. The first kappa shape index (κ1) is 22.4. The maximum absolute atomic E-state index is 11.9. The molecule has 6 heteroatoms. The number of anilines is 1. The highest BCUT2D eigenvalue weighted by atomic mass is 35.5. The van der Waals surface area contributed by atoms with E-state index in [1.807, 2.05) is 13.0 Å². The van der Waals surface area contributed by atoms with Crippen molar-refractivity contribution in [2.24, 2.45) is 5.10 Å². The number of benzene rings is 2. The van der Waals surface area contributed by atoms with Crippen molar-refractivity contribution in [3.8, 4) is 0 Å². The van der Waals surface area contributed by atoms with Crippen LogP contribution < -0.4 is 10.7 Å². The van der Waals surface area contributed by atoms with Gasteiger partial charge in [0.25, 0.3) is 0 Å². The lowest BCUT2D eigenvalue weighted by Gasteiger charge is -2.05. The van der Waals surface area contributed by atoms with Gasteiger partial charge in [-0.15, -0.1) is 0 Å². The van der Waals surface area contributed by atoms with E-state index < -0.39 is 0 Å². The van der Waals surface area contributed by atoms with Crippen LogP contribution in [0.4, 0.5) is 5.69 Å². The molecule has 0 aromatic heterocycles. The Bertz CT molecular complexity index is 903. The number of hydrazone groups is 1. The minimum atomic E-state index is -0.323. The number of carbonyl (C=O) groups is 2. The Morgan fingerprint density at radius 2 is 1.76 bits per heavy atom. The van der Waals surface area contributed by atoms with Gasteiger partial charge in [-0.05, 0) is 47.7 Å². The van der Waals surface area contributed by atoms with Gasteiger partial charge in [0.2, 0.25) is 11.8 Å². The molecule has 5 nitrogen and oxygen atoms in total. The molecule has 2 amide bonds. The van der Waals surface area contributed by atoms with Gasteiger partial charge in [0, 0.05) is 23.6 Å². The number of nitrogens with zero attached hydrogens (tertiary/aromatic N) is 1. The molecule has 0 spiro atoms. The van der Waals surface area contributed by atoms with Crippen LogP contribution in [0, 0.1) is 0 Å². The van der Waals surface area contributed by atoms with Crippen molar-refractivity contribution in [1.29, 1.82) is 0 Å². The third-order valence-electron chi connectivity index (χ3n) is 4.14. The Morgan fingerprint density at radius 3 is 2.41 bits per heavy atom. The van der Waals surface area contributed by atoms with Crippen LogP contribution in [0.3, 0.4) is 0 Å². The number of allylic oxidation sites excluding steroid dienone is 1. The highest BCUT2D eigenvalue weighted by Gasteiger charge is 2.07. The van der Waals surface area contributed by atoms with Crippen molar-refractivity contribution in [1.82, 2.24) is 5.43 Å². The number of carbonyl (C=O) groups excluding carboxylic acids is 2. The lowest BCUT2D eigenvalue weighted by Crippen LogP contribution is -2.20. The smallest absolute Gasteiger partial charge is 0.240 e. The minimum Gasteiger partial charge on any atom is -0.326 e. The lowest BCUT2D eigenvalue weighted by molar-refractivity contribution is -0.124. The summed E-state index contributed by atoms with van der Waals surface area (Å²) in [7, 11) is 0. The standard InChI is InChI=1S/C23H26ClN3O2/c1-16(2)19-9-7-18(8-10-19)13-17(3)15-25-27-23(29)12-11-22(28)26-21-6-4-5-20(24)14-21/h4-10,13-16H,11-12H2,1-3H3,(H,26,28)(H,27,29)/b17-13-,25-15?. The molecule has 0 unspecified atom stereocenters. The molecule has 2 aromatic rings. The van der Waals surface area contributed by atoms with E-state index in [1.165, 1.54) is 5.56 Å². The second-order valence-electron chi connectivity index (χ2n) is 7.06. The second-order valence-corrected chi connectivity index (χ2v) is 7.50. The van der Waals surface area contributed by atoms with E-state index in [9.17, 15) is 9.59 Å². The zero-order chi connectivity index (χ0) is 21.2. The van der Waals surface area contributed by atoms with E-state index in [0.29, 0.717) is 16.6 Å². The number of hydrogen-bond donors (Lipinski definition) is 2. The molecule has 2 rings (SSSR count). The van der Waals surface area contributed by atoms with E-state index >= 15 is 0 Å². The van der Waals surface area contributed by atoms with Crippen molar-refractivity contribution in [3.05, 3.63) is 70.3 Å². The number of rotatable bonds is 8. The number of amides is 2. The van der Waals surface area contributed by atoms with E-state index in [0.717, 1.165) is 11.1 Å². The first-order valence-corrected chi connectivity index (χ1v) is 9.87. The summed E-state index contributed by atoms with van der Waals surface area (Å²) >= 11 is 5.87. The quantitative estimate of drug-likeness (QED) is 0.451. The molecule has 2 aromatic carbocycles. The zero-order valence-electron chi connectivity index (χ0n) is 16.9. The van der Waals surface area contributed by atoms with Crippen molar-refractivity contribution in [3.63, 3.8) is 0 Å². The minimum absolute atomic E-state index is 0.0448. The molecule has 0 aliphatic carbocycles. The summed E-state index contributed by atoms with van der Waals surface area (Å²) < 4.78 is 0. The van der Waals surface area contributed by atoms with Gasteiger partial charge in [0.05, 0.1) is 6.21 Å². The molecule has 0 aliphatic heterocycles. The number of hydrogen-bond acceptors (Lipinski definition) is 3. The van der Waals surface area contributed by atoms with Crippen LogP contribution in [0.15, 0.2) is 59.2 Å². The summed E-state index contributed by atoms with van der Waals surface area (Å²) in [6.07, 6.45) is 3.67. The maximum Gasteiger partial charge on any atom is 0.240 e. The fourth-order valence-electron chi connectivity index (χ4n) is 2.56. The average Bonchev–Trinajstić information content (AvgIpc) is 2.67. The van der Waals surface area contributed by atoms with E-state index in [1.54, 1.807) is 30.5 Å². The van der Waals surface area contributed by atoms with E-state index in [-0.39, 0.29) is 24.7 Å². The lowest BCUT2D eigenvalue weighted by atomic mass is 10.0. The van der Waals surface area contributed by atoms with Gasteiger partial charge in [0.1, 0.15) is 0 Å². The molecule has 29 heavy (non-hydrogen) atoms. The predicted molar refractivity (Wildman–Crippen MR) is 120 cm³/mol. The van der Waals surface area contributed by atoms with Crippen molar-refractivity contribution < 1.29 is 9.59 Å². The molecule has 2 N–H and O–H groups in total. The Labute approximate surface area is 176 Å². The number of nitrogens with one attached hydrogen (secondary N) is 2. The molecule has 0 saturated carbocycles. The van der Waals surface area contributed by atoms with Gasteiger partial charge in [0.15, 0.2) is 0 Å². The van der Waals surface area contributed by atoms with Crippen molar-refractivity contribution >= 4 is 41.4 Å². The Hall–Kier alpha value is -2.92. The molecule has 152 valence electrons. The van der Waals surface area contributed by atoms with Crippen LogP contribution in [-0.4, -0.2) is 18.0 Å². The SMILES string of the molecule is C/C(C=NNC(=O)CCC(=O)Nc1cccc(Cl)c1)=C/c1ccc(C(C)C)cc1. The average molecular weight is 412 g/mol. The largest absolute Gasteiger partial charge is 0.326 e. The van der Waals surface area contributed by atoms with Crippen molar-refractivity contribution in [2.75, 3.05) is 5.32 Å². The van der Waals surface area contributed by atoms with Gasteiger partial charge in [-0.2, -0.15) is 5.10 Å². The summed E-state index contributed by atoms with van der Waals surface area (Å²) in [4.78, 5) is 23.7. The second kappa shape index (κ2) is 11.2. The third kappa shape index (κ3) is 8.32. The van der Waals surface area contributed by atoms with Gasteiger partial charge in [-0.25, -0.2) is 5.43 Å². The monoisotopic (exact) mass is 411 g/mol.